The predicted octanol–water partition coefficient (Wildman–Crippen LogP) is 4.56. The molecule has 1 saturated heterocycles. The van der Waals surface area contributed by atoms with Gasteiger partial charge in [-0.05, 0) is 41.3 Å². The highest BCUT2D eigenvalue weighted by atomic mass is 35.5. The number of amides is 2. The highest BCUT2D eigenvalue weighted by molar-refractivity contribution is 6.31. The molecule has 0 spiro atoms. The molecule has 38 heavy (non-hydrogen) atoms. The van der Waals surface area contributed by atoms with Crippen LogP contribution in [0.15, 0.2) is 48.7 Å². The number of hydrazine groups is 1. The van der Waals surface area contributed by atoms with Crippen molar-refractivity contribution >= 4 is 46.3 Å². The number of rotatable bonds is 9. The third kappa shape index (κ3) is 6.84. The summed E-state index contributed by atoms with van der Waals surface area (Å²) in [6, 6.07) is 9.10. The molecule has 1 aromatic heterocycles. The molecule has 1 aliphatic heterocycles. The number of pyridine rings is 1. The van der Waals surface area contributed by atoms with E-state index in [1.165, 1.54) is 48.5 Å². The van der Waals surface area contributed by atoms with E-state index < -0.39 is 41.9 Å². The van der Waals surface area contributed by atoms with Crippen LogP contribution in [0.4, 0.5) is 24.2 Å². The van der Waals surface area contributed by atoms with E-state index in [4.69, 9.17) is 25.8 Å². The highest BCUT2D eigenvalue weighted by Crippen LogP contribution is 2.21. The van der Waals surface area contributed by atoms with Gasteiger partial charge in [-0.1, -0.05) is 23.7 Å². The van der Waals surface area contributed by atoms with Gasteiger partial charge >= 0.3 is 12.2 Å². The summed E-state index contributed by atoms with van der Waals surface area (Å²) in [7, 11) is 0. The predicted molar refractivity (Wildman–Crippen MR) is 132 cm³/mol. The Morgan fingerprint density at radius 3 is 2.79 bits per heavy atom. The van der Waals surface area contributed by atoms with Crippen molar-refractivity contribution in [1.29, 1.82) is 0 Å². The summed E-state index contributed by atoms with van der Waals surface area (Å²) in [5, 5.41) is 4.76. The topological polar surface area (TPSA) is 119 Å². The van der Waals surface area contributed by atoms with E-state index in [1.807, 2.05) is 0 Å². The first-order valence-corrected chi connectivity index (χ1v) is 11.9. The number of hydrogen-bond acceptors (Lipinski definition) is 8. The molecule has 13 heteroatoms. The van der Waals surface area contributed by atoms with Crippen molar-refractivity contribution in [3.8, 4) is 0 Å². The molecule has 2 amide bonds. The summed E-state index contributed by atoms with van der Waals surface area (Å²) < 4.78 is 42.6. The Bertz CT molecular complexity index is 1360. The van der Waals surface area contributed by atoms with Crippen molar-refractivity contribution in [1.82, 2.24) is 15.4 Å². The number of halogens is 3. The van der Waals surface area contributed by atoms with Crippen LogP contribution >= 0.6 is 11.6 Å². The van der Waals surface area contributed by atoms with Crippen LogP contribution in [-0.4, -0.2) is 53.5 Å². The van der Waals surface area contributed by atoms with Crippen molar-refractivity contribution in [3.63, 3.8) is 0 Å². The molecule has 2 aromatic carbocycles. The summed E-state index contributed by atoms with van der Waals surface area (Å²) in [5.41, 5.74) is 3.27. The number of carbonyl (C=O) groups excluding carboxylic acids is 3. The third-order valence-electron chi connectivity index (χ3n) is 5.68. The Morgan fingerprint density at radius 2 is 2.05 bits per heavy atom. The highest BCUT2D eigenvalue weighted by Gasteiger charge is 2.32. The Morgan fingerprint density at radius 1 is 1.24 bits per heavy atom. The molecule has 0 aliphatic carbocycles. The summed E-state index contributed by atoms with van der Waals surface area (Å²) in [4.78, 5) is 40.5. The molecule has 4 rings (SSSR count). The molecule has 10 nitrogen and oxygen atoms in total. The molecule has 0 saturated carbocycles. The second kappa shape index (κ2) is 12.0. The normalized spacial score (nSPS) is 15.5. The number of aromatic nitrogens is 1. The first-order valence-electron chi connectivity index (χ1n) is 11.5. The number of benzene rings is 2. The van der Waals surface area contributed by atoms with Crippen LogP contribution in [-0.2, 0) is 25.5 Å². The summed E-state index contributed by atoms with van der Waals surface area (Å²) in [5.74, 6) is -1.37. The smallest absolute Gasteiger partial charge is 0.447 e. The zero-order valence-corrected chi connectivity index (χ0v) is 20.8. The zero-order valence-electron chi connectivity index (χ0n) is 20.1. The van der Waals surface area contributed by atoms with E-state index in [0.29, 0.717) is 16.3 Å². The van der Waals surface area contributed by atoms with E-state index >= 15 is 0 Å². The average Bonchev–Trinajstić information content (AvgIpc) is 3.28. The minimum absolute atomic E-state index is 0.0165. The monoisotopic (exact) mass is 548 g/mol. The minimum Gasteiger partial charge on any atom is -0.447 e. The average molecular weight is 549 g/mol. The molecule has 1 fully saturated rings. The number of carbonyl (C=O) groups is 3. The third-order valence-corrected chi connectivity index (χ3v) is 6.10. The number of nitrogens with zero attached hydrogens (tertiary/aromatic N) is 2. The number of ether oxygens (including phenoxy) is 3. The molecule has 0 bridgehead atoms. The molecular weight excluding hydrogens is 526 g/mol. The van der Waals surface area contributed by atoms with Gasteiger partial charge in [0, 0.05) is 31.5 Å². The van der Waals surface area contributed by atoms with E-state index in [2.05, 4.69) is 15.7 Å². The molecule has 0 unspecified atom stereocenters. The van der Waals surface area contributed by atoms with Gasteiger partial charge in [0.15, 0.2) is 0 Å². The largest absolute Gasteiger partial charge is 0.508 e. The van der Waals surface area contributed by atoms with Gasteiger partial charge in [-0.25, -0.2) is 28.8 Å². The lowest BCUT2D eigenvalue weighted by molar-refractivity contribution is -0.137. The van der Waals surface area contributed by atoms with Crippen LogP contribution in [0.5, 0.6) is 0 Å². The lowest BCUT2D eigenvalue weighted by Gasteiger charge is -2.32. The maximum Gasteiger partial charge on any atom is 0.508 e. The van der Waals surface area contributed by atoms with Crippen LogP contribution < -0.4 is 10.7 Å². The molecular formula is C25H23ClF2N4O6. The number of cyclic esters (lactones) is 2. The Balaban J connectivity index is 1.44. The van der Waals surface area contributed by atoms with Gasteiger partial charge in [-0.2, -0.15) is 0 Å². The second-order valence-electron chi connectivity index (χ2n) is 8.41. The van der Waals surface area contributed by atoms with Crippen molar-refractivity contribution in [2.45, 2.75) is 32.0 Å². The van der Waals surface area contributed by atoms with Gasteiger partial charge in [0.25, 0.3) is 0 Å². The van der Waals surface area contributed by atoms with Crippen LogP contribution in [0.25, 0.3) is 10.8 Å². The van der Waals surface area contributed by atoms with Crippen molar-refractivity contribution in [3.05, 3.63) is 70.9 Å². The number of hydrogen-bond donors (Lipinski definition) is 2. The van der Waals surface area contributed by atoms with E-state index in [9.17, 15) is 23.2 Å². The van der Waals surface area contributed by atoms with Crippen LogP contribution in [0.3, 0.4) is 0 Å². The first kappa shape index (κ1) is 27.0. The quantitative estimate of drug-likeness (QED) is 0.295. The lowest BCUT2D eigenvalue weighted by atomic mass is 10.1. The SMILES string of the molecule is CC(=O)N(NCc1cccc(F)c1Cl)[C@@H](COC(=O)Nc1cc2cc(F)ccc2cn1)C[C@@H]1COC(=O)O1. The fourth-order valence-corrected chi connectivity index (χ4v) is 4.07. The van der Waals surface area contributed by atoms with E-state index in [-0.39, 0.29) is 37.0 Å². The maximum atomic E-state index is 13.8. The molecule has 2 heterocycles. The molecule has 2 atom stereocenters. The van der Waals surface area contributed by atoms with Crippen molar-refractivity contribution < 1.29 is 37.4 Å². The fourth-order valence-electron chi connectivity index (χ4n) is 3.88. The standard InChI is InChI=1S/C25H23ClF2N4O6/c1-14(33)32(30-11-16-3-2-4-21(28)23(16)26)19(9-20-13-37-25(35)38-20)12-36-24(34)31-22-8-17-7-18(27)6-5-15(17)10-29-22/h2-8,10,19-20,30H,9,11-13H2,1H3,(H,29,31,34)/t19-,20-/m1/s1. The number of anilines is 1. The molecule has 1 aliphatic rings. The Hall–Kier alpha value is -4.03. The number of nitrogens with one attached hydrogen (secondary N) is 2. The molecule has 3 aromatic rings. The second-order valence-corrected chi connectivity index (χ2v) is 8.79. The van der Waals surface area contributed by atoms with Gasteiger partial charge in [0.1, 0.15) is 36.8 Å². The summed E-state index contributed by atoms with van der Waals surface area (Å²) in [6.45, 7) is 0.909. The lowest BCUT2D eigenvalue weighted by Crippen LogP contribution is -2.52. The Labute approximate surface area is 220 Å². The zero-order chi connectivity index (χ0) is 27.2. The Kier molecular flexibility index (Phi) is 8.54. The fraction of sp³-hybridized carbons (Fsp3) is 0.280. The summed E-state index contributed by atoms with van der Waals surface area (Å²) in [6.07, 6.45) is -0.886. The van der Waals surface area contributed by atoms with Gasteiger partial charge in [0.2, 0.25) is 5.91 Å². The minimum atomic E-state index is -0.880. The van der Waals surface area contributed by atoms with Crippen molar-refractivity contribution in [2.24, 2.45) is 0 Å². The molecule has 200 valence electrons. The van der Waals surface area contributed by atoms with E-state index in [0.717, 1.165) is 0 Å². The van der Waals surface area contributed by atoms with Crippen LogP contribution in [0.2, 0.25) is 5.02 Å². The number of fused-ring (bicyclic) bond motifs is 1. The first-order chi connectivity index (χ1) is 18.2. The van der Waals surface area contributed by atoms with Crippen LogP contribution in [0, 0.1) is 11.6 Å². The van der Waals surface area contributed by atoms with E-state index in [1.54, 1.807) is 12.1 Å². The van der Waals surface area contributed by atoms with Gasteiger partial charge in [0.05, 0.1) is 11.1 Å². The van der Waals surface area contributed by atoms with Crippen LogP contribution in [0.1, 0.15) is 18.9 Å². The molecule has 0 radical (unpaired) electrons. The van der Waals surface area contributed by atoms with Gasteiger partial charge < -0.3 is 14.2 Å². The molecule has 2 N–H and O–H groups in total. The van der Waals surface area contributed by atoms with Crippen molar-refractivity contribution in [2.75, 3.05) is 18.5 Å². The van der Waals surface area contributed by atoms with Gasteiger partial charge in [-0.15, -0.1) is 0 Å². The summed E-state index contributed by atoms with van der Waals surface area (Å²) >= 11 is 6.02. The maximum absolute atomic E-state index is 13.8. The van der Waals surface area contributed by atoms with Gasteiger partial charge in [-0.3, -0.25) is 15.1 Å².